The van der Waals surface area contributed by atoms with Crippen molar-refractivity contribution in [2.24, 2.45) is 0 Å². The van der Waals surface area contributed by atoms with Gasteiger partial charge in [0, 0.05) is 31.7 Å². The number of nitrogens with zero attached hydrogens (tertiary/aromatic N) is 2. The van der Waals surface area contributed by atoms with Crippen LogP contribution in [0.15, 0.2) is 48.5 Å². The number of carbonyl (C=O) groups is 2. The van der Waals surface area contributed by atoms with E-state index in [9.17, 15) is 9.59 Å². The molecule has 2 aromatic carbocycles. The third kappa shape index (κ3) is 4.48. The molecule has 5 nitrogen and oxygen atoms in total. The van der Waals surface area contributed by atoms with Crippen molar-refractivity contribution in [3.05, 3.63) is 65.2 Å². The second-order valence-corrected chi connectivity index (χ2v) is 7.12. The van der Waals surface area contributed by atoms with Gasteiger partial charge in [0.25, 0.3) is 0 Å². The highest BCUT2D eigenvalue weighted by molar-refractivity contribution is 5.97. The van der Waals surface area contributed by atoms with Crippen LogP contribution in [0, 0.1) is 13.8 Å². The van der Waals surface area contributed by atoms with Gasteiger partial charge in [0.05, 0.1) is 6.04 Å². The summed E-state index contributed by atoms with van der Waals surface area (Å²) < 4.78 is 0. The summed E-state index contributed by atoms with van der Waals surface area (Å²) in [4.78, 5) is 28.7. The number of hydrogen-bond donors (Lipinski definition) is 1. The van der Waals surface area contributed by atoms with Crippen molar-refractivity contribution >= 4 is 17.6 Å². The second kappa shape index (κ2) is 8.25. The molecule has 3 amide bonds. The molecule has 0 saturated carbocycles. The largest absolute Gasteiger partial charge is 0.333 e. The fourth-order valence-corrected chi connectivity index (χ4v) is 3.34. The maximum absolute atomic E-state index is 12.7. The summed E-state index contributed by atoms with van der Waals surface area (Å²) in [7, 11) is 0. The van der Waals surface area contributed by atoms with Crippen molar-refractivity contribution in [3.63, 3.8) is 0 Å². The molecule has 0 aromatic heterocycles. The van der Waals surface area contributed by atoms with Gasteiger partial charge in [-0.2, -0.15) is 0 Å². The number of amides is 3. The zero-order valence-corrected chi connectivity index (χ0v) is 16.2. The molecular formula is C22H27N3O2. The third-order valence-electron chi connectivity index (χ3n) is 5.14. The smallest absolute Gasteiger partial charge is 0.317 e. The van der Waals surface area contributed by atoms with Crippen LogP contribution in [-0.2, 0) is 11.3 Å². The van der Waals surface area contributed by atoms with Gasteiger partial charge in [-0.05, 0) is 49.6 Å². The number of anilines is 1. The van der Waals surface area contributed by atoms with Gasteiger partial charge in [-0.25, -0.2) is 4.79 Å². The third-order valence-corrected chi connectivity index (χ3v) is 5.14. The highest BCUT2D eigenvalue weighted by atomic mass is 16.2. The number of benzene rings is 2. The van der Waals surface area contributed by atoms with Crippen molar-refractivity contribution in [2.45, 2.75) is 39.8 Å². The monoisotopic (exact) mass is 365 g/mol. The maximum Gasteiger partial charge on any atom is 0.317 e. The molecule has 1 N–H and O–H groups in total. The summed E-state index contributed by atoms with van der Waals surface area (Å²) in [6, 6.07) is 15.7. The van der Waals surface area contributed by atoms with Gasteiger partial charge in [0.15, 0.2) is 0 Å². The molecular weight excluding hydrogens is 338 g/mol. The van der Waals surface area contributed by atoms with E-state index in [1.807, 2.05) is 62.4 Å². The van der Waals surface area contributed by atoms with E-state index in [0.717, 1.165) is 16.8 Å². The molecule has 1 atom stereocenters. The quantitative estimate of drug-likeness (QED) is 0.879. The predicted octanol–water partition coefficient (Wildman–Crippen LogP) is 3.64. The van der Waals surface area contributed by atoms with E-state index >= 15 is 0 Å². The van der Waals surface area contributed by atoms with Crippen LogP contribution >= 0.6 is 0 Å². The standard InChI is InChI=1S/C22H27N3O2/c1-4-24(14-18-8-6-5-7-9-18)22(27)23-19-13-21(26)25(15-19)20-11-10-16(2)17(3)12-20/h5-12,19H,4,13-15H2,1-3H3,(H,23,27). The molecule has 1 saturated heterocycles. The average Bonchev–Trinajstić information content (AvgIpc) is 3.02. The van der Waals surface area contributed by atoms with Gasteiger partial charge in [-0.3, -0.25) is 4.79 Å². The van der Waals surface area contributed by atoms with Gasteiger partial charge in [-0.15, -0.1) is 0 Å². The zero-order valence-electron chi connectivity index (χ0n) is 16.2. The molecule has 1 aliphatic rings. The predicted molar refractivity (Wildman–Crippen MR) is 108 cm³/mol. The van der Waals surface area contributed by atoms with Crippen LogP contribution in [0.1, 0.15) is 30.0 Å². The topological polar surface area (TPSA) is 52.7 Å². The Kier molecular flexibility index (Phi) is 5.79. The normalized spacial score (nSPS) is 16.5. The van der Waals surface area contributed by atoms with Crippen molar-refractivity contribution in [1.82, 2.24) is 10.2 Å². The fourth-order valence-electron chi connectivity index (χ4n) is 3.34. The molecule has 142 valence electrons. The van der Waals surface area contributed by atoms with E-state index in [-0.39, 0.29) is 18.0 Å². The Balaban J connectivity index is 1.62. The van der Waals surface area contributed by atoms with Crippen molar-refractivity contribution < 1.29 is 9.59 Å². The summed E-state index contributed by atoms with van der Waals surface area (Å²) in [6.07, 6.45) is 0.335. The van der Waals surface area contributed by atoms with Crippen molar-refractivity contribution in [1.29, 1.82) is 0 Å². The van der Waals surface area contributed by atoms with Crippen molar-refractivity contribution in [2.75, 3.05) is 18.0 Å². The fraction of sp³-hybridized carbons (Fsp3) is 0.364. The Hall–Kier alpha value is -2.82. The molecule has 3 rings (SSSR count). The van der Waals surface area contributed by atoms with Crippen molar-refractivity contribution in [3.8, 4) is 0 Å². The lowest BCUT2D eigenvalue weighted by molar-refractivity contribution is -0.117. The number of hydrogen-bond acceptors (Lipinski definition) is 2. The van der Waals surface area contributed by atoms with Gasteiger partial charge in [-0.1, -0.05) is 36.4 Å². The number of carbonyl (C=O) groups excluding carboxylic acids is 2. The first kappa shape index (κ1) is 19.0. The van der Waals surface area contributed by atoms with E-state index in [2.05, 4.69) is 12.2 Å². The first-order chi connectivity index (χ1) is 13.0. The van der Waals surface area contributed by atoms with Gasteiger partial charge in [0.2, 0.25) is 5.91 Å². The molecule has 1 heterocycles. The number of aryl methyl sites for hydroxylation is 2. The molecule has 0 spiro atoms. The minimum Gasteiger partial charge on any atom is -0.333 e. The van der Waals surface area contributed by atoms with Gasteiger partial charge in [0.1, 0.15) is 0 Å². The number of rotatable bonds is 5. The molecule has 1 fully saturated rings. The molecule has 27 heavy (non-hydrogen) atoms. The highest BCUT2D eigenvalue weighted by Crippen LogP contribution is 2.24. The summed E-state index contributed by atoms with van der Waals surface area (Å²) >= 11 is 0. The summed E-state index contributed by atoms with van der Waals surface area (Å²) in [5.41, 5.74) is 4.35. The molecule has 0 aliphatic carbocycles. The highest BCUT2D eigenvalue weighted by Gasteiger charge is 2.32. The van der Waals surface area contributed by atoms with Crippen LogP contribution < -0.4 is 10.2 Å². The Bertz CT molecular complexity index is 820. The molecule has 5 heteroatoms. The lowest BCUT2D eigenvalue weighted by Crippen LogP contribution is -2.45. The minimum atomic E-state index is -0.170. The lowest BCUT2D eigenvalue weighted by atomic mass is 10.1. The van der Waals surface area contributed by atoms with Gasteiger partial charge >= 0.3 is 6.03 Å². The molecule has 1 unspecified atom stereocenters. The number of nitrogens with one attached hydrogen (secondary N) is 1. The van der Waals surface area contributed by atoms with E-state index < -0.39 is 0 Å². The van der Waals surface area contributed by atoms with Crippen LogP contribution in [-0.4, -0.2) is 36.0 Å². The van der Waals surface area contributed by atoms with Gasteiger partial charge < -0.3 is 15.1 Å². The summed E-state index contributed by atoms with van der Waals surface area (Å²) in [5, 5.41) is 3.03. The Labute approximate surface area is 161 Å². The van der Waals surface area contributed by atoms with E-state index in [4.69, 9.17) is 0 Å². The van der Waals surface area contributed by atoms with Crippen LogP contribution in [0.5, 0.6) is 0 Å². The summed E-state index contributed by atoms with van der Waals surface area (Å²) in [6.45, 7) is 7.74. The van der Waals surface area contributed by atoms with Crippen LogP contribution in [0.4, 0.5) is 10.5 Å². The average molecular weight is 365 g/mol. The molecule has 1 aliphatic heterocycles. The van der Waals surface area contributed by atoms with Crippen LogP contribution in [0.3, 0.4) is 0 Å². The lowest BCUT2D eigenvalue weighted by Gasteiger charge is -2.24. The Morgan fingerprint density at radius 3 is 2.56 bits per heavy atom. The van der Waals surface area contributed by atoms with Crippen LogP contribution in [0.25, 0.3) is 0 Å². The molecule has 0 radical (unpaired) electrons. The van der Waals surface area contributed by atoms with E-state index in [1.54, 1.807) is 9.80 Å². The Morgan fingerprint density at radius 2 is 1.89 bits per heavy atom. The minimum absolute atomic E-state index is 0.0506. The second-order valence-electron chi connectivity index (χ2n) is 7.12. The zero-order chi connectivity index (χ0) is 19.4. The van der Waals surface area contributed by atoms with Crippen LogP contribution in [0.2, 0.25) is 0 Å². The summed E-state index contributed by atoms with van der Waals surface area (Å²) in [5.74, 6) is 0.0506. The first-order valence-corrected chi connectivity index (χ1v) is 9.45. The maximum atomic E-state index is 12.7. The Morgan fingerprint density at radius 1 is 1.15 bits per heavy atom. The first-order valence-electron chi connectivity index (χ1n) is 9.45. The van der Waals surface area contributed by atoms with E-state index in [1.165, 1.54) is 5.56 Å². The van der Waals surface area contributed by atoms with E-state index in [0.29, 0.717) is 26.1 Å². The molecule has 0 bridgehead atoms. The SMILES string of the molecule is CCN(Cc1ccccc1)C(=O)NC1CC(=O)N(c2ccc(C)c(C)c2)C1. The molecule has 2 aromatic rings. The number of urea groups is 1.